The van der Waals surface area contributed by atoms with Crippen LogP contribution in [0.4, 0.5) is 0 Å². The molecule has 0 N–H and O–H groups in total. The van der Waals surface area contributed by atoms with Crippen LogP contribution in [0, 0.1) is 0 Å². The lowest BCUT2D eigenvalue weighted by molar-refractivity contribution is 0.340. The van der Waals surface area contributed by atoms with Crippen LogP contribution in [0.15, 0.2) is 55.0 Å². The summed E-state index contributed by atoms with van der Waals surface area (Å²) in [7, 11) is 0. The monoisotopic (exact) mass is 266 g/mol. The van der Waals surface area contributed by atoms with E-state index in [1.54, 1.807) is 17.2 Å². The first-order valence-corrected chi connectivity index (χ1v) is 6.43. The van der Waals surface area contributed by atoms with Gasteiger partial charge < -0.3 is 4.74 Å². The highest BCUT2D eigenvalue weighted by molar-refractivity contribution is 5.55. The fraction of sp³-hybridized carbons (Fsp3) is 0.133. The maximum Gasteiger partial charge on any atom is 0.181 e. The lowest BCUT2D eigenvalue weighted by atomic mass is 10.2. The molecule has 5 heteroatoms. The SMILES string of the molecule is CCOc1ccc(-c2ncn(-c3ccccn3)n2)cc1. The minimum atomic E-state index is 0.659. The molecule has 0 fully saturated rings. The predicted octanol–water partition coefficient (Wildman–Crippen LogP) is 2.73. The maximum atomic E-state index is 5.42. The first kappa shape index (κ1) is 12.3. The summed E-state index contributed by atoms with van der Waals surface area (Å²) >= 11 is 0. The van der Waals surface area contributed by atoms with Gasteiger partial charge in [-0.2, -0.15) is 0 Å². The predicted molar refractivity (Wildman–Crippen MR) is 75.8 cm³/mol. The highest BCUT2D eigenvalue weighted by Crippen LogP contribution is 2.19. The van der Waals surface area contributed by atoms with E-state index in [4.69, 9.17) is 4.74 Å². The van der Waals surface area contributed by atoms with E-state index in [0.717, 1.165) is 17.1 Å². The van der Waals surface area contributed by atoms with Crippen LogP contribution < -0.4 is 4.74 Å². The van der Waals surface area contributed by atoms with Gasteiger partial charge in [-0.3, -0.25) is 0 Å². The van der Waals surface area contributed by atoms with Crippen molar-refractivity contribution in [2.24, 2.45) is 0 Å². The molecule has 3 rings (SSSR count). The number of hydrogen-bond acceptors (Lipinski definition) is 4. The Kier molecular flexibility index (Phi) is 3.41. The van der Waals surface area contributed by atoms with Gasteiger partial charge in [0.1, 0.15) is 12.1 Å². The fourth-order valence-electron chi connectivity index (χ4n) is 1.86. The Morgan fingerprint density at radius 3 is 2.60 bits per heavy atom. The average molecular weight is 266 g/mol. The summed E-state index contributed by atoms with van der Waals surface area (Å²) in [6.45, 7) is 2.62. The van der Waals surface area contributed by atoms with Crippen LogP contribution in [0.1, 0.15) is 6.92 Å². The second-order valence-electron chi connectivity index (χ2n) is 4.16. The van der Waals surface area contributed by atoms with Crippen molar-refractivity contribution in [1.29, 1.82) is 0 Å². The largest absolute Gasteiger partial charge is 0.494 e. The Hall–Kier alpha value is -2.69. The Morgan fingerprint density at radius 2 is 1.90 bits per heavy atom. The number of rotatable bonds is 4. The molecule has 3 aromatic rings. The Morgan fingerprint density at radius 1 is 1.05 bits per heavy atom. The van der Waals surface area contributed by atoms with Crippen molar-refractivity contribution < 1.29 is 4.74 Å². The summed E-state index contributed by atoms with van der Waals surface area (Å²) in [6, 6.07) is 13.4. The van der Waals surface area contributed by atoms with Crippen molar-refractivity contribution in [2.75, 3.05) is 6.61 Å². The number of hydrogen-bond donors (Lipinski definition) is 0. The van der Waals surface area contributed by atoms with Crippen molar-refractivity contribution in [2.45, 2.75) is 6.92 Å². The van der Waals surface area contributed by atoms with E-state index < -0.39 is 0 Å². The van der Waals surface area contributed by atoms with Gasteiger partial charge in [0.25, 0.3) is 0 Å². The highest BCUT2D eigenvalue weighted by Gasteiger charge is 2.06. The standard InChI is InChI=1S/C15H14N4O/c1-2-20-13-8-6-12(7-9-13)15-17-11-19(18-15)14-5-3-4-10-16-14/h3-11H,2H2,1H3. The molecule has 0 radical (unpaired) electrons. The zero-order valence-electron chi connectivity index (χ0n) is 11.1. The third kappa shape index (κ3) is 2.51. The highest BCUT2D eigenvalue weighted by atomic mass is 16.5. The minimum absolute atomic E-state index is 0.659. The molecular formula is C15H14N4O. The van der Waals surface area contributed by atoms with Gasteiger partial charge in [0.15, 0.2) is 11.6 Å². The van der Waals surface area contributed by atoms with Crippen LogP contribution in [-0.2, 0) is 0 Å². The third-order valence-electron chi connectivity index (χ3n) is 2.80. The Labute approximate surface area is 116 Å². The molecular weight excluding hydrogens is 252 g/mol. The molecule has 0 aliphatic rings. The molecule has 0 atom stereocenters. The fourth-order valence-corrected chi connectivity index (χ4v) is 1.86. The van der Waals surface area contributed by atoms with E-state index in [2.05, 4.69) is 15.1 Å². The minimum Gasteiger partial charge on any atom is -0.494 e. The lowest BCUT2D eigenvalue weighted by Gasteiger charge is -2.02. The van der Waals surface area contributed by atoms with Crippen molar-refractivity contribution in [3.8, 4) is 23.0 Å². The van der Waals surface area contributed by atoms with E-state index in [1.807, 2.05) is 49.4 Å². The van der Waals surface area contributed by atoms with Gasteiger partial charge in [0.05, 0.1) is 6.61 Å². The van der Waals surface area contributed by atoms with Crippen molar-refractivity contribution in [3.05, 3.63) is 55.0 Å². The molecule has 0 spiro atoms. The van der Waals surface area contributed by atoms with Crippen LogP contribution in [-0.4, -0.2) is 26.4 Å². The molecule has 20 heavy (non-hydrogen) atoms. The van der Waals surface area contributed by atoms with Gasteiger partial charge in [-0.05, 0) is 43.3 Å². The normalized spacial score (nSPS) is 10.4. The average Bonchev–Trinajstić information content (AvgIpc) is 2.99. The summed E-state index contributed by atoms with van der Waals surface area (Å²) in [5, 5.41) is 4.43. The van der Waals surface area contributed by atoms with Gasteiger partial charge in [0.2, 0.25) is 0 Å². The summed E-state index contributed by atoms with van der Waals surface area (Å²) in [5.74, 6) is 2.26. The molecule has 100 valence electrons. The summed E-state index contributed by atoms with van der Waals surface area (Å²) in [4.78, 5) is 8.54. The second kappa shape index (κ2) is 5.52. The maximum absolute atomic E-state index is 5.42. The molecule has 0 aliphatic heterocycles. The Balaban J connectivity index is 1.86. The zero-order chi connectivity index (χ0) is 13.8. The van der Waals surface area contributed by atoms with Gasteiger partial charge in [0, 0.05) is 11.8 Å². The van der Waals surface area contributed by atoms with Crippen LogP contribution in [0.5, 0.6) is 5.75 Å². The summed E-state index contributed by atoms with van der Waals surface area (Å²) < 4.78 is 7.07. The topological polar surface area (TPSA) is 52.8 Å². The van der Waals surface area contributed by atoms with E-state index in [9.17, 15) is 0 Å². The van der Waals surface area contributed by atoms with Gasteiger partial charge in [-0.15, -0.1) is 5.10 Å². The van der Waals surface area contributed by atoms with Crippen LogP contribution in [0.2, 0.25) is 0 Å². The molecule has 2 aromatic heterocycles. The first-order chi connectivity index (χ1) is 9.86. The number of benzene rings is 1. The van der Waals surface area contributed by atoms with Crippen molar-refractivity contribution in [3.63, 3.8) is 0 Å². The quantitative estimate of drug-likeness (QED) is 0.728. The van der Waals surface area contributed by atoms with Gasteiger partial charge >= 0.3 is 0 Å². The van der Waals surface area contributed by atoms with Crippen molar-refractivity contribution >= 4 is 0 Å². The lowest BCUT2D eigenvalue weighted by Crippen LogP contribution is -1.97. The van der Waals surface area contributed by atoms with Crippen molar-refractivity contribution in [1.82, 2.24) is 19.7 Å². The first-order valence-electron chi connectivity index (χ1n) is 6.43. The second-order valence-corrected chi connectivity index (χ2v) is 4.16. The van der Waals surface area contributed by atoms with E-state index in [-0.39, 0.29) is 0 Å². The molecule has 2 heterocycles. The molecule has 0 aliphatic carbocycles. The van der Waals surface area contributed by atoms with E-state index in [1.165, 1.54) is 0 Å². The van der Waals surface area contributed by atoms with Gasteiger partial charge in [-0.1, -0.05) is 6.07 Å². The third-order valence-corrected chi connectivity index (χ3v) is 2.80. The molecule has 0 bridgehead atoms. The van der Waals surface area contributed by atoms with Crippen LogP contribution in [0.3, 0.4) is 0 Å². The number of aromatic nitrogens is 4. The number of ether oxygens (including phenoxy) is 1. The summed E-state index contributed by atoms with van der Waals surface area (Å²) in [5.41, 5.74) is 0.947. The molecule has 5 nitrogen and oxygen atoms in total. The van der Waals surface area contributed by atoms with Gasteiger partial charge in [-0.25, -0.2) is 14.6 Å². The molecule has 1 aromatic carbocycles. The molecule has 0 saturated heterocycles. The number of nitrogens with zero attached hydrogens (tertiary/aromatic N) is 4. The molecule has 0 saturated carbocycles. The van der Waals surface area contributed by atoms with Crippen LogP contribution in [0.25, 0.3) is 17.2 Å². The summed E-state index contributed by atoms with van der Waals surface area (Å²) in [6.07, 6.45) is 3.39. The van der Waals surface area contributed by atoms with Crippen LogP contribution >= 0.6 is 0 Å². The Bertz CT molecular complexity index is 677. The zero-order valence-corrected chi connectivity index (χ0v) is 11.1. The molecule has 0 amide bonds. The number of pyridine rings is 1. The molecule has 0 unspecified atom stereocenters. The van der Waals surface area contributed by atoms with E-state index in [0.29, 0.717) is 12.4 Å². The van der Waals surface area contributed by atoms with E-state index >= 15 is 0 Å². The smallest absolute Gasteiger partial charge is 0.181 e.